The molecule has 1 aliphatic heterocycles. The summed E-state index contributed by atoms with van der Waals surface area (Å²) in [6, 6.07) is -0.340. The molecule has 112 valence electrons. The van der Waals surface area contributed by atoms with Crippen LogP contribution in [-0.4, -0.2) is 39.9 Å². The predicted molar refractivity (Wildman–Crippen MR) is 75.0 cm³/mol. The molecule has 6 nitrogen and oxygen atoms in total. The molecule has 3 atom stereocenters. The molecule has 2 heterocycles. The number of nitrogens with zero attached hydrogens (tertiary/aromatic N) is 3. The first-order chi connectivity index (χ1) is 9.39. The van der Waals surface area contributed by atoms with Crippen molar-refractivity contribution in [2.45, 2.75) is 46.3 Å². The number of hydrogen-bond acceptors (Lipinski definition) is 4. The minimum atomic E-state index is -0.340. The van der Waals surface area contributed by atoms with Gasteiger partial charge in [0.15, 0.2) is 0 Å². The molecule has 1 fully saturated rings. The number of rotatable bonds is 4. The number of amides is 1. The standard InChI is InChI=1S/C14H24N4O2/c1-10(18-9-15-8-17-18)13(19)16-7-11-5-6-20-12(11)14(2,3)4/h8-12H,5-7H2,1-4H3,(H,16,19)/t10-,11+,12-/m0/s1. The zero-order valence-corrected chi connectivity index (χ0v) is 12.7. The van der Waals surface area contributed by atoms with E-state index in [0.717, 1.165) is 13.0 Å². The van der Waals surface area contributed by atoms with Gasteiger partial charge < -0.3 is 10.1 Å². The van der Waals surface area contributed by atoms with E-state index in [1.54, 1.807) is 11.0 Å². The van der Waals surface area contributed by atoms with E-state index in [4.69, 9.17) is 4.74 Å². The number of nitrogens with one attached hydrogen (secondary N) is 1. The van der Waals surface area contributed by atoms with E-state index in [-0.39, 0.29) is 23.5 Å². The maximum Gasteiger partial charge on any atom is 0.244 e. The predicted octanol–water partition coefficient (Wildman–Crippen LogP) is 1.41. The molecule has 1 N–H and O–H groups in total. The highest BCUT2D eigenvalue weighted by Gasteiger charge is 2.37. The Bertz CT molecular complexity index is 439. The second-order valence-corrected chi connectivity index (χ2v) is 6.50. The largest absolute Gasteiger partial charge is 0.377 e. The van der Waals surface area contributed by atoms with Gasteiger partial charge in [0.1, 0.15) is 18.7 Å². The van der Waals surface area contributed by atoms with E-state index in [0.29, 0.717) is 12.5 Å². The number of carbonyl (C=O) groups is 1. The molecule has 0 unspecified atom stereocenters. The quantitative estimate of drug-likeness (QED) is 0.905. The molecule has 2 rings (SSSR count). The van der Waals surface area contributed by atoms with Crippen LogP contribution in [-0.2, 0) is 9.53 Å². The SMILES string of the molecule is C[C@@H](C(=O)NC[C@H]1CCO[C@@H]1C(C)(C)C)n1cncn1. The Morgan fingerprint density at radius 1 is 1.55 bits per heavy atom. The molecule has 0 saturated carbocycles. The summed E-state index contributed by atoms with van der Waals surface area (Å²) in [5.74, 6) is 0.344. The summed E-state index contributed by atoms with van der Waals surface area (Å²) in [5, 5.41) is 7.00. The number of carbonyl (C=O) groups excluding carboxylic acids is 1. The fourth-order valence-corrected chi connectivity index (χ4v) is 2.72. The minimum absolute atomic E-state index is 0.0324. The van der Waals surface area contributed by atoms with E-state index in [2.05, 4.69) is 36.2 Å². The van der Waals surface area contributed by atoms with Crippen LogP contribution in [0.25, 0.3) is 0 Å². The van der Waals surface area contributed by atoms with Crippen molar-refractivity contribution >= 4 is 5.91 Å². The summed E-state index contributed by atoms with van der Waals surface area (Å²) in [5.41, 5.74) is 0.101. The van der Waals surface area contributed by atoms with Crippen LogP contribution in [0.15, 0.2) is 12.7 Å². The Morgan fingerprint density at radius 3 is 2.90 bits per heavy atom. The summed E-state index contributed by atoms with van der Waals surface area (Å²) < 4.78 is 7.37. The van der Waals surface area contributed by atoms with Crippen molar-refractivity contribution in [1.29, 1.82) is 0 Å². The molecule has 1 saturated heterocycles. The molecule has 0 radical (unpaired) electrons. The summed E-state index contributed by atoms with van der Waals surface area (Å²) >= 11 is 0. The van der Waals surface area contributed by atoms with Crippen LogP contribution in [0.5, 0.6) is 0 Å². The van der Waals surface area contributed by atoms with Gasteiger partial charge in [-0.25, -0.2) is 9.67 Å². The molecular formula is C14H24N4O2. The minimum Gasteiger partial charge on any atom is -0.377 e. The fraction of sp³-hybridized carbons (Fsp3) is 0.786. The lowest BCUT2D eigenvalue weighted by Gasteiger charge is -2.31. The first kappa shape index (κ1) is 15.0. The van der Waals surface area contributed by atoms with E-state index in [1.165, 1.54) is 6.33 Å². The maximum absolute atomic E-state index is 12.1. The average molecular weight is 280 g/mol. The molecule has 0 spiro atoms. The molecule has 1 amide bonds. The first-order valence-corrected chi connectivity index (χ1v) is 7.13. The third-order valence-electron chi connectivity index (χ3n) is 3.82. The lowest BCUT2D eigenvalue weighted by molar-refractivity contribution is -0.124. The van der Waals surface area contributed by atoms with Crippen molar-refractivity contribution in [3.8, 4) is 0 Å². The van der Waals surface area contributed by atoms with Gasteiger partial charge in [-0.05, 0) is 18.8 Å². The molecular weight excluding hydrogens is 256 g/mol. The zero-order valence-electron chi connectivity index (χ0n) is 12.7. The Labute approximate surface area is 119 Å². The second-order valence-electron chi connectivity index (χ2n) is 6.50. The number of aromatic nitrogens is 3. The zero-order chi connectivity index (χ0) is 14.8. The van der Waals surface area contributed by atoms with Crippen LogP contribution >= 0.6 is 0 Å². The summed E-state index contributed by atoms with van der Waals surface area (Å²) in [7, 11) is 0. The fourth-order valence-electron chi connectivity index (χ4n) is 2.72. The lowest BCUT2D eigenvalue weighted by atomic mass is 9.81. The van der Waals surface area contributed by atoms with Crippen LogP contribution < -0.4 is 5.32 Å². The highest BCUT2D eigenvalue weighted by Crippen LogP contribution is 2.34. The van der Waals surface area contributed by atoms with Gasteiger partial charge in [-0.3, -0.25) is 4.79 Å². The molecule has 20 heavy (non-hydrogen) atoms. The summed E-state index contributed by atoms with van der Waals surface area (Å²) in [6.45, 7) is 9.78. The van der Waals surface area contributed by atoms with E-state index < -0.39 is 0 Å². The normalized spacial score (nSPS) is 24.6. The van der Waals surface area contributed by atoms with Crippen LogP contribution in [0.4, 0.5) is 0 Å². The van der Waals surface area contributed by atoms with E-state index in [1.807, 2.05) is 6.92 Å². The van der Waals surface area contributed by atoms with Gasteiger partial charge in [-0.1, -0.05) is 20.8 Å². The number of ether oxygens (including phenoxy) is 1. The Balaban J connectivity index is 1.87. The topological polar surface area (TPSA) is 69.0 Å². The van der Waals surface area contributed by atoms with Gasteiger partial charge in [0.25, 0.3) is 0 Å². The van der Waals surface area contributed by atoms with Crippen molar-refractivity contribution < 1.29 is 9.53 Å². The average Bonchev–Trinajstić information content (AvgIpc) is 3.04. The van der Waals surface area contributed by atoms with Gasteiger partial charge in [-0.2, -0.15) is 5.10 Å². The van der Waals surface area contributed by atoms with Gasteiger partial charge in [0.05, 0.1) is 6.10 Å². The van der Waals surface area contributed by atoms with Crippen LogP contribution in [0, 0.1) is 11.3 Å². The van der Waals surface area contributed by atoms with E-state index in [9.17, 15) is 4.79 Å². The van der Waals surface area contributed by atoms with Crippen molar-refractivity contribution in [2.75, 3.05) is 13.2 Å². The van der Waals surface area contributed by atoms with Gasteiger partial charge in [0, 0.05) is 19.1 Å². The van der Waals surface area contributed by atoms with Crippen LogP contribution in [0.2, 0.25) is 0 Å². The Morgan fingerprint density at radius 2 is 2.30 bits per heavy atom. The van der Waals surface area contributed by atoms with E-state index >= 15 is 0 Å². The highest BCUT2D eigenvalue weighted by atomic mass is 16.5. The van der Waals surface area contributed by atoms with Crippen molar-refractivity contribution in [2.24, 2.45) is 11.3 Å². The summed E-state index contributed by atoms with van der Waals surface area (Å²) in [4.78, 5) is 16.0. The van der Waals surface area contributed by atoms with Crippen LogP contribution in [0.3, 0.4) is 0 Å². The van der Waals surface area contributed by atoms with Gasteiger partial charge in [-0.15, -0.1) is 0 Å². The maximum atomic E-state index is 12.1. The molecule has 1 aromatic heterocycles. The van der Waals surface area contributed by atoms with Crippen molar-refractivity contribution in [1.82, 2.24) is 20.1 Å². The van der Waals surface area contributed by atoms with Crippen molar-refractivity contribution in [3.05, 3.63) is 12.7 Å². The molecule has 0 bridgehead atoms. The molecule has 0 aliphatic carbocycles. The third-order valence-corrected chi connectivity index (χ3v) is 3.82. The van der Waals surface area contributed by atoms with Crippen LogP contribution in [0.1, 0.15) is 40.2 Å². The molecule has 0 aromatic carbocycles. The lowest BCUT2D eigenvalue weighted by Crippen LogP contribution is -2.40. The third kappa shape index (κ3) is 3.36. The monoisotopic (exact) mass is 280 g/mol. The molecule has 1 aliphatic rings. The van der Waals surface area contributed by atoms with Crippen molar-refractivity contribution in [3.63, 3.8) is 0 Å². The number of hydrogen-bond donors (Lipinski definition) is 1. The smallest absolute Gasteiger partial charge is 0.244 e. The Hall–Kier alpha value is -1.43. The second kappa shape index (κ2) is 5.91. The molecule has 6 heteroatoms. The van der Waals surface area contributed by atoms with Gasteiger partial charge >= 0.3 is 0 Å². The van der Waals surface area contributed by atoms with Gasteiger partial charge in [0.2, 0.25) is 5.91 Å². The first-order valence-electron chi connectivity index (χ1n) is 7.13. The molecule has 1 aromatic rings. The highest BCUT2D eigenvalue weighted by molar-refractivity contribution is 5.79. The summed E-state index contributed by atoms with van der Waals surface area (Å²) in [6.07, 6.45) is 4.19. The Kier molecular flexibility index (Phi) is 4.42.